The summed E-state index contributed by atoms with van der Waals surface area (Å²) in [5, 5.41) is 5.59. The predicted octanol–water partition coefficient (Wildman–Crippen LogP) is 6.49. The van der Waals surface area contributed by atoms with Crippen LogP contribution in [0.5, 0.6) is 5.75 Å². The molecule has 0 saturated heterocycles. The summed E-state index contributed by atoms with van der Waals surface area (Å²) in [5.74, 6) is 0.897. The van der Waals surface area contributed by atoms with Crippen LogP contribution in [0.4, 0.5) is 0 Å². The molecule has 0 bridgehead atoms. The smallest absolute Gasteiger partial charge is 0.118 e. The maximum absolute atomic E-state index is 5.29. The van der Waals surface area contributed by atoms with Gasteiger partial charge in [0.15, 0.2) is 0 Å². The molecule has 0 radical (unpaired) electrons. The Balaban J connectivity index is 1.98. The van der Waals surface area contributed by atoms with Gasteiger partial charge < -0.3 is 4.74 Å². The van der Waals surface area contributed by atoms with Gasteiger partial charge in [-0.3, -0.25) is 0 Å². The quantitative estimate of drug-likeness (QED) is 0.419. The second-order valence-electron chi connectivity index (χ2n) is 5.49. The van der Waals surface area contributed by atoms with E-state index in [1.54, 1.807) is 7.11 Å². The van der Waals surface area contributed by atoms with Gasteiger partial charge in [-0.2, -0.15) is 0 Å². The van der Waals surface area contributed by atoms with Crippen LogP contribution in [-0.4, -0.2) is 7.11 Å². The van der Waals surface area contributed by atoms with Crippen LogP contribution in [0.3, 0.4) is 0 Å². The summed E-state index contributed by atoms with van der Waals surface area (Å²) < 4.78 is 5.29. The Morgan fingerprint density at radius 2 is 1.43 bits per heavy atom. The Bertz CT molecular complexity index is 937. The van der Waals surface area contributed by atoms with Crippen molar-refractivity contribution >= 4 is 18.0 Å². The van der Waals surface area contributed by atoms with Crippen molar-refractivity contribution in [3.8, 4) is 21.9 Å². The first-order chi connectivity index (χ1) is 11.4. The lowest BCUT2D eigenvalue weighted by Crippen LogP contribution is -1.81. The van der Waals surface area contributed by atoms with E-state index >= 15 is 0 Å². The first kappa shape index (κ1) is 14.1. The molecule has 4 rings (SSSR count). The summed E-state index contributed by atoms with van der Waals surface area (Å²) in [4.78, 5) is 0. The van der Waals surface area contributed by atoms with Crippen LogP contribution in [0, 0.1) is 0 Å². The normalized spacial score (nSPS) is 11.6. The molecule has 0 aliphatic heterocycles. The van der Waals surface area contributed by atoms with E-state index in [9.17, 15) is 0 Å². The standard InChI is InChI=1S/C21H17OP/c1-22-18-13-11-16(12-14-18)21-15-17-7-5-6-10-20(17)23(21)19-8-3-2-4-9-19/h2-15H,1H3. The van der Waals surface area contributed by atoms with Crippen LogP contribution >= 0.6 is 7.53 Å². The van der Waals surface area contributed by atoms with E-state index in [4.69, 9.17) is 4.74 Å². The molecule has 0 fully saturated rings. The van der Waals surface area contributed by atoms with Gasteiger partial charge in [-0.25, -0.2) is 0 Å². The lowest BCUT2D eigenvalue weighted by molar-refractivity contribution is 0.415. The molecule has 112 valence electrons. The van der Waals surface area contributed by atoms with Gasteiger partial charge in [0.25, 0.3) is 0 Å². The third-order valence-electron chi connectivity index (χ3n) is 4.11. The molecule has 0 aliphatic carbocycles. The lowest BCUT2D eigenvalue weighted by Gasteiger charge is -2.08. The Hall–Kier alpha value is -2.50. The highest BCUT2D eigenvalue weighted by atomic mass is 31.1. The van der Waals surface area contributed by atoms with Crippen molar-refractivity contribution in [3.63, 3.8) is 0 Å². The molecule has 2 heteroatoms. The minimum Gasteiger partial charge on any atom is -0.497 e. The molecule has 1 unspecified atom stereocenters. The highest BCUT2D eigenvalue weighted by Gasteiger charge is 2.13. The molecule has 1 nitrogen and oxygen atoms in total. The van der Waals surface area contributed by atoms with Crippen molar-refractivity contribution in [1.82, 2.24) is 0 Å². The van der Waals surface area contributed by atoms with E-state index in [0.29, 0.717) is 0 Å². The van der Waals surface area contributed by atoms with Crippen LogP contribution in [0.25, 0.3) is 26.7 Å². The van der Waals surface area contributed by atoms with Crippen LogP contribution in [0.1, 0.15) is 0 Å². The minimum absolute atomic E-state index is 0.489. The van der Waals surface area contributed by atoms with Crippen LogP contribution in [0.2, 0.25) is 0 Å². The Morgan fingerprint density at radius 1 is 0.739 bits per heavy atom. The van der Waals surface area contributed by atoms with Gasteiger partial charge in [-0.05, 0) is 34.5 Å². The second kappa shape index (κ2) is 5.95. The average molecular weight is 316 g/mol. The molecule has 1 aromatic heterocycles. The van der Waals surface area contributed by atoms with Crippen molar-refractivity contribution in [3.05, 3.63) is 84.9 Å². The lowest BCUT2D eigenvalue weighted by atomic mass is 10.1. The fraction of sp³-hybridized carbons (Fsp3) is 0.0476. The average Bonchev–Trinajstić information content (AvgIpc) is 3.02. The Kier molecular flexibility index (Phi) is 3.65. The first-order valence-electron chi connectivity index (χ1n) is 7.67. The van der Waals surface area contributed by atoms with E-state index in [1.807, 2.05) is 12.1 Å². The summed E-state index contributed by atoms with van der Waals surface area (Å²) in [6.07, 6.45) is 0. The molecule has 0 saturated carbocycles. The summed E-state index contributed by atoms with van der Waals surface area (Å²) >= 11 is 0. The number of hydrogen-bond acceptors (Lipinski definition) is 1. The maximum Gasteiger partial charge on any atom is 0.118 e. The monoisotopic (exact) mass is 316 g/mol. The van der Waals surface area contributed by atoms with Gasteiger partial charge in [0.1, 0.15) is 5.75 Å². The highest BCUT2D eigenvalue weighted by molar-refractivity contribution is 7.65. The number of fused-ring (bicyclic) bond motifs is 1. The van der Waals surface area contributed by atoms with E-state index in [-0.39, 0.29) is 0 Å². The molecule has 1 heterocycles. The van der Waals surface area contributed by atoms with Gasteiger partial charge in [0.05, 0.1) is 7.11 Å². The molecule has 0 N–H and O–H groups in total. The van der Waals surface area contributed by atoms with Crippen molar-refractivity contribution in [2.24, 2.45) is 0 Å². The number of ether oxygens (including phenoxy) is 1. The van der Waals surface area contributed by atoms with Gasteiger partial charge in [-0.1, -0.05) is 74.3 Å². The van der Waals surface area contributed by atoms with E-state index in [2.05, 4.69) is 72.8 Å². The molecule has 0 amide bonds. The SMILES string of the molecule is COc1ccc(-c2cc3ccccc3p2-c2ccccc2)cc1. The molecule has 0 spiro atoms. The zero-order chi connectivity index (χ0) is 15.6. The van der Waals surface area contributed by atoms with E-state index in [1.165, 1.54) is 26.7 Å². The molecule has 23 heavy (non-hydrogen) atoms. The van der Waals surface area contributed by atoms with Crippen LogP contribution in [0.15, 0.2) is 84.9 Å². The second-order valence-corrected chi connectivity index (χ2v) is 7.64. The number of methoxy groups -OCH3 is 1. The summed E-state index contributed by atoms with van der Waals surface area (Å²) in [5.41, 5.74) is 1.27. The molecular formula is C21H17OP. The summed E-state index contributed by atoms with van der Waals surface area (Å²) in [6.45, 7) is 0. The predicted molar refractivity (Wildman–Crippen MR) is 100.0 cm³/mol. The Morgan fingerprint density at radius 3 is 2.17 bits per heavy atom. The maximum atomic E-state index is 5.29. The van der Waals surface area contributed by atoms with Crippen molar-refractivity contribution in [2.45, 2.75) is 0 Å². The molecule has 1 atom stereocenters. The van der Waals surface area contributed by atoms with Crippen molar-refractivity contribution < 1.29 is 4.74 Å². The number of hydrogen-bond donors (Lipinski definition) is 0. The molecule has 3 aromatic carbocycles. The first-order valence-corrected chi connectivity index (χ1v) is 9.01. The summed E-state index contributed by atoms with van der Waals surface area (Å²) in [6, 6.07) is 30.3. The van der Waals surface area contributed by atoms with Crippen LogP contribution in [-0.2, 0) is 0 Å². The minimum atomic E-state index is -0.489. The van der Waals surface area contributed by atoms with Gasteiger partial charge in [0, 0.05) is 10.4 Å². The molecule has 4 aromatic rings. The number of benzene rings is 3. The van der Waals surface area contributed by atoms with E-state index < -0.39 is 7.53 Å². The van der Waals surface area contributed by atoms with Crippen molar-refractivity contribution in [2.75, 3.05) is 7.11 Å². The summed E-state index contributed by atoms with van der Waals surface area (Å²) in [7, 11) is 1.22. The van der Waals surface area contributed by atoms with Gasteiger partial charge >= 0.3 is 0 Å². The zero-order valence-corrected chi connectivity index (χ0v) is 13.8. The third-order valence-corrected chi connectivity index (χ3v) is 6.68. The Labute approximate surface area is 137 Å². The van der Waals surface area contributed by atoms with E-state index in [0.717, 1.165) is 5.75 Å². The largest absolute Gasteiger partial charge is 0.497 e. The van der Waals surface area contributed by atoms with Crippen molar-refractivity contribution in [1.29, 1.82) is 0 Å². The molecular weight excluding hydrogens is 299 g/mol. The van der Waals surface area contributed by atoms with Gasteiger partial charge in [0.2, 0.25) is 0 Å². The topological polar surface area (TPSA) is 9.23 Å². The van der Waals surface area contributed by atoms with Crippen LogP contribution < -0.4 is 4.74 Å². The molecule has 0 aliphatic rings. The third kappa shape index (κ3) is 2.54. The zero-order valence-electron chi connectivity index (χ0n) is 12.9. The fourth-order valence-corrected chi connectivity index (χ4v) is 5.58. The highest BCUT2D eigenvalue weighted by Crippen LogP contribution is 2.55. The van der Waals surface area contributed by atoms with Gasteiger partial charge in [-0.15, -0.1) is 0 Å². The fourth-order valence-electron chi connectivity index (χ4n) is 2.98. The number of rotatable bonds is 3.